The Labute approximate surface area is 182 Å². The molecule has 3 aromatic heterocycles. The van der Waals surface area contributed by atoms with E-state index in [9.17, 15) is 27.2 Å². The number of hydrogen-bond acceptors (Lipinski definition) is 6. The van der Waals surface area contributed by atoms with Gasteiger partial charge in [-0.05, 0) is 30.7 Å². The fourth-order valence-electron chi connectivity index (χ4n) is 3.01. The summed E-state index contributed by atoms with van der Waals surface area (Å²) in [4.78, 5) is 27.8. The summed E-state index contributed by atoms with van der Waals surface area (Å²) in [6.45, 7) is 1.57. The van der Waals surface area contributed by atoms with Crippen LogP contribution in [0, 0.1) is 12.7 Å². The van der Waals surface area contributed by atoms with Gasteiger partial charge in [-0.2, -0.15) is 23.0 Å². The van der Waals surface area contributed by atoms with E-state index in [2.05, 4.69) is 20.5 Å². The Morgan fingerprint density at radius 2 is 1.91 bits per heavy atom. The molecular formula is C20H14F4N6O3. The van der Waals surface area contributed by atoms with Crippen molar-refractivity contribution < 1.29 is 26.8 Å². The fourth-order valence-corrected chi connectivity index (χ4v) is 3.01. The summed E-state index contributed by atoms with van der Waals surface area (Å²) in [5, 5.41) is 9.97. The number of hydrogen-bond donors (Lipinski definition) is 1. The second-order valence-electron chi connectivity index (χ2n) is 6.91. The molecule has 0 radical (unpaired) electrons. The van der Waals surface area contributed by atoms with Crippen LogP contribution >= 0.6 is 0 Å². The summed E-state index contributed by atoms with van der Waals surface area (Å²) >= 11 is 0. The molecule has 170 valence electrons. The van der Waals surface area contributed by atoms with Gasteiger partial charge >= 0.3 is 11.9 Å². The van der Waals surface area contributed by atoms with Gasteiger partial charge in [-0.1, -0.05) is 12.1 Å². The number of carbonyl (C=O) groups excluding carboxylic acids is 1. The molecule has 1 amide bonds. The molecule has 0 aliphatic rings. The van der Waals surface area contributed by atoms with Gasteiger partial charge in [0.05, 0.1) is 17.4 Å². The highest BCUT2D eigenvalue weighted by atomic mass is 19.4. The number of alkyl halides is 3. The SMILES string of the molecule is Cc1cccc(F)c1C(=O)Nc1ccc(-n2nc(-c3nn(C)c(=O)o3)cc2C(F)(F)F)nc1. The number of pyridine rings is 1. The van der Waals surface area contributed by atoms with Crippen LogP contribution in [0.4, 0.5) is 23.2 Å². The average molecular weight is 462 g/mol. The quantitative estimate of drug-likeness (QED) is 0.466. The summed E-state index contributed by atoms with van der Waals surface area (Å²) < 4.78 is 60.8. The van der Waals surface area contributed by atoms with Crippen LogP contribution < -0.4 is 11.1 Å². The van der Waals surface area contributed by atoms with Crippen LogP contribution in [0.15, 0.2) is 51.8 Å². The highest BCUT2D eigenvalue weighted by molar-refractivity contribution is 6.05. The summed E-state index contributed by atoms with van der Waals surface area (Å²) in [6, 6.07) is 7.31. The maximum Gasteiger partial charge on any atom is 0.437 e. The Balaban J connectivity index is 1.66. The molecule has 13 heteroatoms. The van der Waals surface area contributed by atoms with Gasteiger partial charge in [0.25, 0.3) is 11.8 Å². The Morgan fingerprint density at radius 3 is 2.48 bits per heavy atom. The number of rotatable bonds is 4. The molecule has 0 fully saturated rings. The third-order valence-corrected chi connectivity index (χ3v) is 4.58. The van der Waals surface area contributed by atoms with Crippen LogP contribution in [0.25, 0.3) is 17.4 Å². The van der Waals surface area contributed by atoms with Crippen LogP contribution in [0.1, 0.15) is 21.6 Å². The molecule has 1 aromatic carbocycles. The van der Waals surface area contributed by atoms with Crippen molar-refractivity contribution >= 4 is 11.6 Å². The highest BCUT2D eigenvalue weighted by Gasteiger charge is 2.37. The lowest BCUT2D eigenvalue weighted by molar-refractivity contribution is -0.142. The standard InChI is InChI=1S/C20H14F4N6O3/c1-10-4-3-5-12(21)16(10)17(31)26-11-6-7-15(25-9-11)30-14(20(22,23)24)8-13(27-30)18-28-29(2)19(32)33-18/h3-9H,1-2H3,(H,26,31). The Morgan fingerprint density at radius 1 is 1.15 bits per heavy atom. The summed E-state index contributed by atoms with van der Waals surface area (Å²) in [7, 11) is 1.27. The fraction of sp³-hybridized carbons (Fsp3) is 0.150. The molecule has 0 spiro atoms. The zero-order chi connectivity index (χ0) is 23.9. The molecule has 0 atom stereocenters. The molecule has 0 saturated carbocycles. The van der Waals surface area contributed by atoms with Crippen LogP contribution in [0.2, 0.25) is 0 Å². The number of anilines is 1. The van der Waals surface area contributed by atoms with Crippen molar-refractivity contribution in [2.75, 3.05) is 5.32 Å². The molecule has 0 saturated heterocycles. The third kappa shape index (κ3) is 4.24. The molecule has 0 aliphatic heterocycles. The molecule has 0 aliphatic carbocycles. The number of amides is 1. The molecule has 4 rings (SSSR count). The first-order valence-corrected chi connectivity index (χ1v) is 9.29. The number of benzene rings is 1. The van der Waals surface area contributed by atoms with Crippen molar-refractivity contribution in [2.45, 2.75) is 13.1 Å². The summed E-state index contributed by atoms with van der Waals surface area (Å²) in [5.74, 6) is -2.93. The first kappa shape index (κ1) is 21.9. The van der Waals surface area contributed by atoms with Gasteiger partial charge in [-0.3, -0.25) is 4.79 Å². The van der Waals surface area contributed by atoms with Gasteiger partial charge in [0.15, 0.2) is 17.2 Å². The number of aromatic nitrogens is 5. The van der Waals surface area contributed by atoms with Crippen LogP contribution in [0.5, 0.6) is 0 Å². The molecule has 0 unspecified atom stereocenters. The number of nitrogens with zero attached hydrogens (tertiary/aromatic N) is 5. The summed E-state index contributed by atoms with van der Waals surface area (Å²) in [5.41, 5.74) is -1.12. The lowest BCUT2D eigenvalue weighted by Crippen LogP contribution is -2.16. The van der Waals surface area contributed by atoms with Crippen molar-refractivity contribution in [1.82, 2.24) is 24.5 Å². The van der Waals surface area contributed by atoms with E-state index in [1.165, 1.54) is 25.2 Å². The van der Waals surface area contributed by atoms with E-state index in [0.29, 0.717) is 16.3 Å². The maximum absolute atomic E-state index is 14.0. The number of carbonyl (C=O) groups is 1. The molecule has 1 N–H and O–H groups in total. The minimum absolute atomic E-state index is 0.128. The Kier molecular flexibility index (Phi) is 5.31. The van der Waals surface area contributed by atoms with Crippen LogP contribution in [-0.2, 0) is 13.2 Å². The topological polar surface area (TPSA) is 108 Å². The largest absolute Gasteiger partial charge is 0.437 e. The smallest absolute Gasteiger partial charge is 0.386 e. The molecule has 9 nitrogen and oxygen atoms in total. The lowest BCUT2D eigenvalue weighted by Gasteiger charge is -2.11. The Bertz CT molecular complexity index is 1380. The maximum atomic E-state index is 14.0. The third-order valence-electron chi connectivity index (χ3n) is 4.58. The van der Waals surface area contributed by atoms with Crippen molar-refractivity contribution in [2.24, 2.45) is 7.05 Å². The normalized spacial score (nSPS) is 11.6. The second kappa shape index (κ2) is 8.00. The molecule has 0 bridgehead atoms. The van der Waals surface area contributed by atoms with E-state index < -0.39 is 35.2 Å². The average Bonchev–Trinajstić information content (AvgIpc) is 3.32. The zero-order valence-corrected chi connectivity index (χ0v) is 17.0. The molecule has 33 heavy (non-hydrogen) atoms. The second-order valence-corrected chi connectivity index (χ2v) is 6.91. The van der Waals surface area contributed by atoms with Crippen LogP contribution in [-0.4, -0.2) is 30.5 Å². The van der Waals surface area contributed by atoms with Gasteiger partial charge in [-0.15, -0.1) is 5.10 Å². The van der Waals surface area contributed by atoms with Gasteiger partial charge in [0.1, 0.15) is 5.82 Å². The molecule has 3 heterocycles. The van der Waals surface area contributed by atoms with Crippen molar-refractivity contribution in [1.29, 1.82) is 0 Å². The molecule has 4 aromatic rings. The van der Waals surface area contributed by atoms with Gasteiger partial charge in [0, 0.05) is 13.1 Å². The van der Waals surface area contributed by atoms with E-state index in [0.717, 1.165) is 16.9 Å². The first-order valence-electron chi connectivity index (χ1n) is 9.29. The lowest BCUT2D eigenvalue weighted by atomic mass is 10.1. The predicted molar refractivity (Wildman–Crippen MR) is 106 cm³/mol. The minimum Gasteiger partial charge on any atom is -0.386 e. The first-order chi connectivity index (χ1) is 15.5. The Hall–Kier alpha value is -4.29. The molecular weight excluding hydrogens is 448 g/mol. The number of nitrogens with one attached hydrogen (secondary N) is 1. The van der Waals surface area contributed by atoms with Crippen LogP contribution in [0.3, 0.4) is 0 Å². The minimum atomic E-state index is -4.81. The van der Waals surface area contributed by atoms with Crippen molar-refractivity contribution in [3.8, 4) is 17.4 Å². The predicted octanol–water partition coefficient (Wildman–Crippen LogP) is 3.34. The van der Waals surface area contributed by atoms with E-state index in [1.807, 2.05) is 0 Å². The number of halogens is 4. The van der Waals surface area contributed by atoms with E-state index in [-0.39, 0.29) is 22.8 Å². The van der Waals surface area contributed by atoms with E-state index >= 15 is 0 Å². The van der Waals surface area contributed by atoms with Gasteiger partial charge in [-0.25, -0.2) is 18.9 Å². The highest BCUT2D eigenvalue weighted by Crippen LogP contribution is 2.33. The zero-order valence-electron chi connectivity index (χ0n) is 17.0. The monoisotopic (exact) mass is 462 g/mol. The summed E-state index contributed by atoms with van der Waals surface area (Å²) in [6.07, 6.45) is -3.71. The van der Waals surface area contributed by atoms with Crippen molar-refractivity contribution in [3.63, 3.8) is 0 Å². The van der Waals surface area contributed by atoms with E-state index in [4.69, 9.17) is 4.42 Å². The van der Waals surface area contributed by atoms with Crippen molar-refractivity contribution in [3.05, 3.63) is 75.8 Å². The van der Waals surface area contributed by atoms with Gasteiger partial charge < -0.3 is 9.73 Å². The number of aryl methyl sites for hydroxylation is 2. The van der Waals surface area contributed by atoms with Gasteiger partial charge in [0.2, 0.25) is 0 Å². The van der Waals surface area contributed by atoms with E-state index in [1.54, 1.807) is 13.0 Å².